The fraction of sp³-hybridized carbons (Fsp3) is 0.346. The highest BCUT2D eigenvalue weighted by Crippen LogP contribution is 2.33. The molecule has 5 rings (SSSR count). The molecular weight excluding hydrogens is 453 g/mol. The molecule has 0 aliphatic carbocycles. The SMILES string of the molecule is O=C(CN1C(=O)S/C(=C\c2ccc(N3CCCCC3)c(F)c2)C1=O)N1CCc2ccccc2C1. The Morgan fingerprint density at radius 3 is 2.53 bits per heavy atom. The van der Waals surface area contributed by atoms with Gasteiger partial charge in [0.05, 0.1) is 10.6 Å². The van der Waals surface area contributed by atoms with Gasteiger partial charge in [-0.3, -0.25) is 19.3 Å². The average molecular weight is 480 g/mol. The Balaban J connectivity index is 1.26. The van der Waals surface area contributed by atoms with Gasteiger partial charge in [0.2, 0.25) is 5.91 Å². The maximum Gasteiger partial charge on any atom is 0.294 e. The van der Waals surface area contributed by atoms with Crippen molar-refractivity contribution in [2.24, 2.45) is 0 Å². The van der Waals surface area contributed by atoms with Crippen molar-refractivity contribution in [3.8, 4) is 0 Å². The van der Waals surface area contributed by atoms with Gasteiger partial charge in [-0.15, -0.1) is 0 Å². The third kappa shape index (κ3) is 4.59. The molecule has 0 N–H and O–H groups in total. The lowest BCUT2D eigenvalue weighted by atomic mass is 10.00. The van der Waals surface area contributed by atoms with Crippen molar-refractivity contribution < 1.29 is 18.8 Å². The van der Waals surface area contributed by atoms with Crippen LogP contribution in [0.15, 0.2) is 47.4 Å². The molecule has 2 saturated heterocycles. The summed E-state index contributed by atoms with van der Waals surface area (Å²) in [5.74, 6) is -1.10. The molecule has 0 aromatic heterocycles. The lowest BCUT2D eigenvalue weighted by molar-refractivity contribution is -0.136. The van der Waals surface area contributed by atoms with Crippen LogP contribution in [0.25, 0.3) is 6.08 Å². The van der Waals surface area contributed by atoms with Crippen LogP contribution in [0.1, 0.15) is 36.0 Å². The zero-order valence-corrected chi connectivity index (χ0v) is 19.7. The van der Waals surface area contributed by atoms with E-state index in [0.29, 0.717) is 24.3 Å². The van der Waals surface area contributed by atoms with Crippen molar-refractivity contribution in [3.05, 3.63) is 69.9 Å². The Bertz CT molecular complexity index is 1180. The molecule has 2 aromatic carbocycles. The Morgan fingerprint density at radius 2 is 1.76 bits per heavy atom. The fourth-order valence-corrected chi connectivity index (χ4v) is 5.57. The van der Waals surface area contributed by atoms with Crippen LogP contribution in [0.4, 0.5) is 14.9 Å². The van der Waals surface area contributed by atoms with Crippen LogP contribution in [0.5, 0.6) is 0 Å². The van der Waals surface area contributed by atoms with Gasteiger partial charge in [0.1, 0.15) is 12.4 Å². The summed E-state index contributed by atoms with van der Waals surface area (Å²) < 4.78 is 14.8. The van der Waals surface area contributed by atoms with Gasteiger partial charge < -0.3 is 9.80 Å². The number of fused-ring (bicyclic) bond motifs is 1. The molecule has 2 fully saturated rings. The molecule has 0 bridgehead atoms. The zero-order valence-electron chi connectivity index (χ0n) is 18.8. The number of carbonyl (C=O) groups is 3. The summed E-state index contributed by atoms with van der Waals surface area (Å²) in [6.45, 7) is 2.43. The predicted molar refractivity (Wildman–Crippen MR) is 131 cm³/mol. The lowest BCUT2D eigenvalue weighted by Crippen LogP contribution is -2.44. The van der Waals surface area contributed by atoms with E-state index in [1.54, 1.807) is 17.0 Å². The van der Waals surface area contributed by atoms with E-state index in [1.165, 1.54) is 24.1 Å². The maximum absolute atomic E-state index is 14.8. The van der Waals surface area contributed by atoms with Crippen molar-refractivity contribution in [2.75, 3.05) is 31.1 Å². The number of thioether (sulfide) groups is 1. The monoisotopic (exact) mass is 479 g/mol. The van der Waals surface area contributed by atoms with Gasteiger partial charge in [0.25, 0.3) is 11.1 Å². The molecule has 3 amide bonds. The molecule has 3 aliphatic rings. The third-order valence-electron chi connectivity index (χ3n) is 6.62. The first kappa shape index (κ1) is 22.7. The Kier molecular flexibility index (Phi) is 6.41. The minimum Gasteiger partial charge on any atom is -0.369 e. The van der Waals surface area contributed by atoms with Gasteiger partial charge in [0, 0.05) is 26.2 Å². The van der Waals surface area contributed by atoms with Crippen LogP contribution < -0.4 is 4.90 Å². The number of hydrogen-bond acceptors (Lipinski definition) is 5. The molecule has 0 atom stereocenters. The average Bonchev–Trinajstić information content (AvgIpc) is 3.11. The molecule has 34 heavy (non-hydrogen) atoms. The summed E-state index contributed by atoms with van der Waals surface area (Å²) in [5, 5.41) is -0.479. The number of benzene rings is 2. The van der Waals surface area contributed by atoms with E-state index in [2.05, 4.69) is 6.07 Å². The van der Waals surface area contributed by atoms with Crippen LogP contribution in [0.3, 0.4) is 0 Å². The van der Waals surface area contributed by atoms with E-state index in [-0.39, 0.29) is 23.2 Å². The topological polar surface area (TPSA) is 60.9 Å². The molecule has 176 valence electrons. The van der Waals surface area contributed by atoms with Crippen molar-refractivity contribution >= 4 is 40.6 Å². The van der Waals surface area contributed by atoms with Crippen molar-refractivity contribution in [3.63, 3.8) is 0 Å². The summed E-state index contributed by atoms with van der Waals surface area (Å²) >= 11 is 0.787. The molecule has 8 heteroatoms. The number of nitrogens with zero attached hydrogens (tertiary/aromatic N) is 3. The molecule has 3 heterocycles. The molecule has 0 saturated carbocycles. The number of hydrogen-bond donors (Lipinski definition) is 0. The molecule has 2 aromatic rings. The van der Waals surface area contributed by atoms with Gasteiger partial charge in [-0.25, -0.2) is 4.39 Å². The lowest BCUT2D eigenvalue weighted by Gasteiger charge is -2.29. The number of amides is 3. The quantitative estimate of drug-likeness (QED) is 0.607. The third-order valence-corrected chi connectivity index (χ3v) is 7.52. The van der Waals surface area contributed by atoms with Crippen molar-refractivity contribution in [1.82, 2.24) is 9.80 Å². The van der Waals surface area contributed by atoms with Crippen molar-refractivity contribution in [1.29, 1.82) is 0 Å². The van der Waals surface area contributed by atoms with Gasteiger partial charge in [-0.2, -0.15) is 0 Å². The van der Waals surface area contributed by atoms with E-state index < -0.39 is 11.1 Å². The van der Waals surface area contributed by atoms with E-state index in [9.17, 15) is 18.8 Å². The highest BCUT2D eigenvalue weighted by molar-refractivity contribution is 8.18. The standard InChI is InChI=1S/C26H26FN3O3S/c27-21-14-18(8-9-22(21)28-11-4-1-5-12-28)15-23-25(32)30(26(33)34-23)17-24(31)29-13-10-19-6-2-3-7-20(19)16-29/h2-3,6-9,14-15H,1,4-5,10-13,16-17H2/b23-15-. The zero-order chi connectivity index (χ0) is 23.7. The molecule has 0 unspecified atom stereocenters. The van der Waals surface area contributed by atoms with Gasteiger partial charge in [-0.05, 0) is 72.3 Å². The molecule has 0 spiro atoms. The predicted octanol–water partition coefficient (Wildman–Crippen LogP) is 4.44. The van der Waals surface area contributed by atoms with E-state index in [0.717, 1.165) is 54.6 Å². The van der Waals surface area contributed by atoms with E-state index in [4.69, 9.17) is 0 Å². The summed E-state index contributed by atoms with van der Waals surface area (Å²) in [6, 6.07) is 12.9. The summed E-state index contributed by atoms with van der Waals surface area (Å²) in [4.78, 5) is 43.1. The first-order valence-electron chi connectivity index (χ1n) is 11.6. The number of halogens is 1. The summed E-state index contributed by atoms with van der Waals surface area (Å²) in [6.07, 6.45) is 5.55. The first-order valence-corrected chi connectivity index (χ1v) is 12.5. The number of piperidine rings is 1. The second-order valence-corrected chi connectivity index (χ2v) is 9.85. The summed E-state index contributed by atoms with van der Waals surface area (Å²) in [7, 11) is 0. The summed E-state index contributed by atoms with van der Waals surface area (Å²) in [5.41, 5.74) is 3.40. The van der Waals surface area contributed by atoms with Gasteiger partial charge in [0.15, 0.2) is 0 Å². The van der Waals surface area contributed by atoms with Crippen LogP contribution in [-0.2, 0) is 22.6 Å². The first-order chi connectivity index (χ1) is 16.5. The van der Waals surface area contributed by atoms with Crippen LogP contribution in [0.2, 0.25) is 0 Å². The number of anilines is 1. The Hall–Kier alpha value is -3.13. The van der Waals surface area contributed by atoms with Crippen molar-refractivity contribution in [2.45, 2.75) is 32.2 Å². The fourth-order valence-electron chi connectivity index (χ4n) is 4.74. The number of carbonyl (C=O) groups excluding carboxylic acids is 3. The second-order valence-electron chi connectivity index (χ2n) is 8.86. The minimum atomic E-state index is -0.513. The van der Waals surface area contributed by atoms with E-state index in [1.807, 2.05) is 23.1 Å². The molecule has 0 radical (unpaired) electrons. The Labute approximate surface area is 202 Å². The Morgan fingerprint density at radius 1 is 1.00 bits per heavy atom. The second kappa shape index (κ2) is 9.62. The smallest absolute Gasteiger partial charge is 0.294 e. The minimum absolute atomic E-state index is 0.201. The largest absolute Gasteiger partial charge is 0.369 e. The van der Waals surface area contributed by atoms with Gasteiger partial charge in [-0.1, -0.05) is 30.3 Å². The maximum atomic E-state index is 14.8. The molecule has 3 aliphatic heterocycles. The molecule has 6 nitrogen and oxygen atoms in total. The van der Waals surface area contributed by atoms with Crippen LogP contribution >= 0.6 is 11.8 Å². The normalized spacial score (nSPS) is 19.7. The van der Waals surface area contributed by atoms with Gasteiger partial charge >= 0.3 is 0 Å². The van der Waals surface area contributed by atoms with E-state index >= 15 is 0 Å². The number of rotatable bonds is 4. The van der Waals surface area contributed by atoms with Crippen LogP contribution in [-0.4, -0.2) is 53.0 Å². The van der Waals surface area contributed by atoms with Crippen LogP contribution in [0, 0.1) is 5.82 Å². The number of imide groups is 1. The highest BCUT2D eigenvalue weighted by atomic mass is 32.2. The highest BCUT2D eigenvalue weighted by Gasteiger charge is 2.37. The molecular formula is C26H26FN3O3S.